The molecule has 1 unspecified atom stereocenters. The summed E-state index contributed by atoms with van der Waals surface area (Å²) in [5, 5.41) is 2.87. The normalized spacial score (nSPS) is 12.6. The van der Waals surface area contributed by atoms with Crippen molar-refractivity contribution in [3.05, 3.63) is 75.5 Å². The van der Waals surface area contributed by atoms with Gasteiger partial charge in [0, 0.05) is 27.3 Å². The SMILES string of the molecule is NC(c1cc(Cl)cc(Br)c1)c1cncc2ccccc12. The monoisotopic (exact) mass is 346 g/mol. The van der Waals surface area contributed by atoms with Gasteiger partial charge in [-0.2, -0.15) is 0 Å². The Morgan fingerprint density at radius 1 is 1.10 bits per heavy atom. The van der Waals surface area contributed by atoms with Crippen molar-refractivity contribution in [2.45, 2.75) is 6.04 Å². The first kappa shape index (κ1) is 13.6. The van der Waals surface area contributed by atoms with Gasteiger partial charge in [-0.15, -0.1) is 0 Å². The standard InChI is InChI=1S/C16H12BrClN2/c17-12-5-11(6-13(18)7-12)16(19)15-9-20-8-10-3-1-2-4-14(10)15/h1-9,16H,19H2. The number of benzene rings is 2. The first-order valence-corrected chi connectivity index (χ1v) is 7.36. The number of fused-ring (bicyclic) bond motifs is 1. The summed E-state index contributed by atoms with van der Waals surface area (Å²) in [7, 11) is 0. The quantitative estimate of drug-likeness (QED) is 0.730. The molecule has 100 valence electrons. The van der Waals surface area contributed by atoms with Crippen LogP contribution < -0.4 is 5.73 Å². The van der Waals surface area contributed by atoms with Crippen LogP contribution in [0.15, 0.2) is 59.3 Å². The van der Waals surface area contributed by atoms with Gasteiger partial charge in [0.05, 0.1) is 6.04 Å². The Hall–Kier alpha value is -1.42. The van der Waals surface area contributed by atoms with Crippen molar-refractivity contribution < 1.29 is 0 Å². The molecule has 1 heterocycles. The second-order valence-corrected chi connectivity index (χ2v) is 5.98. The number of hydrogen-bond acceptors (Lipinski definition) is 2. The maximum atomic E-state index is 6.40. The van der Waals surface area contributed by atoms with Crippen molar-refractivity contribution in [2.24, 2.45) is 5.73 Å². The minimum Gasteiger partial charge on any atom is -0.320 e. The Morgan fingerprint density at radius 3 is 2.70 bits per heavy atom. The molecule has 0 radical (unpaired) electrons. The summed E-state index contributed by atoms with van der Waals surface area (Å²) in [4.78, 5) is 4.28. The van der Waals surface area contributed by atoms with Gasteiger partial charge in [0.25, 0.3) is 0 Å². The van der Waals surface area contributed by atoms with Crippen LogP contribution in [0.4, 0.5) is 0 Å². The molecule has 0 saturated carbocycles. The molecule has 2 aromatic carbocycles. The molecule has 1 aromatic heterocycles. The van der Waals surface area contributed by atoms with Gasteiger partial charge in [-0.25, -0.2) is 0 Å². The molecule has 0 saturated heterocycles. The number of halogens is 2. The lowest BCUT2D eigenvalue weighted by Gasteiger charge is -2.15. The van der Waals surface area contributed by atoms with Gasteiger partial charge in [0.1, 0.15) is 0 Å². The lowest BCUT2D eigenvalue weighted by atomic mass is 9.96. The van der Waals surface area contributed by atoms with Crippen LogP contribution in [-0.4, -0.2) is 4.98 Å². The summed E-state index contributed by atoms with van der Waals surface area (Å²) >= 11 is 9.55. The molecule has 0 aliphatic carbocycles. The smallest absolute Gasteiger partial charge is 0.0574 e. The summed E-state index contributed by atoms with van der Waals surface area (Å²) in [5.74, 6) is 0. The predicted octanol–water partition coefficient (Wildman–Crippen LogP) is 4.70. The maximum absolute atomic E-state index is 6.40. The zero-order chi connectivity index (χ0) is 14.1. The van der Waals surface area contributed by atoms with Crippen LogP contribution in [0.2, 0.25) is 5.02 Å². The Morgan fingerprint density at radius 2 is 1.90 bits per heavy atom. The molecule has 0 bridgehead atoms. The minimum absolute atomic E-state index is 0.261. The molecule has 3 rings (SSSR count). The molecule has 0 aliphatic rings. The molecule has 0 spiro atoms. The summed E-state index contributed by atoms with van der Waals surface area (Å²) < 4.78 is 0.920. The highest BCUT2D eigenvalue weighted by Crippen LogP contribution is 2.29. The van der Waals surface area contributed by atoms with E-state index in [1.807, 2.05) is 48.8 Å². The fourth-order valence-corrected chi connectivity index (χ4v) is 3.21. The van der Waals surface area contributed by atoms with E-state index >= 15 is 0 Å². The van der Waals surface area contributed by atoms with Crippen LogP contribution in [0.3, 0.4) is 0 Å². The predicted molar refractivity (Wildman–Crippen MR) is 86.9 cm³/mol. The zero-order valence-electron chi connectivity index (χ0n) is 10.6. The molecule has 2 nitrogen and oxygen atoms in total. The van der Waals surface area contributed by atoms with Gasteiger partial charge < -0.3 is 5.73 Å². The fourth-order valence-electron chi connectivity index (χ4n) is 2.32. The third-order valence-corrected chi connectivity index (χ3v) is 3.95. The average Bonchev–Trinajstić information content (AvgIpc) is 2.45. The van der Waals surface area contributed by atoms with E-state index in [2.05, 4.69) is 27.0 Å². The highest BCUT2D eigenvalue weighted by atomic mass is 79.9. The Kier molecular flexibility index (Phi) is 3.74. The largest absolute Gasteiger partial charge is 0.320 e. The van der Waals surface area contributed by atoms with Crippen LogP contribution in [0.5, 0.6) is 0 Å². The van der Waals surface area contributed by atoms with Gasteiger partial charge in [-0.1, -0.05) is 51.8 Å². The average molecular weight is 348 g/mol. The minimum atomic E-state index is -0.261. The summed E-state index contributed by atoms with van der Waals surface area (Å²) in [5.41, 5.74) is 8.36. The molecule has 3 aromatic rings. The van der Waals surface area contributed by atoms with E-state index in [1.54, 1.807) is 0 Å². The third-order valence-electron chi connectivity index (χ3n) is 3.28. The highest BCUT2D eigenvalue weighted by molar-refractivity contribution is 9.10. The molecule has 20 heavy (non-hydrogen) atoms. The lowest BCUT2D eigenvalue weighted by Crippen LogP contribution is -2.12. The van der Waals surface area contributed by atoms with Gasteiger partial charge in [-0.05, 0) is 34.7 Å². The molecule has 2 N–H and O–H groups in total. The highest BCUT2D eigenvalue weighted by Gasteiger charge is 2.13. The molecular formula is C16H12BrClN2. The number of rotatable bonds is 2. The third kappa shape index (κ3) is 2.57. The van der Waals surface area contributed by atoms with Crippen molar-refractivity contribution in [1.82, 2.24) is 4.98 Å². The molecule has 4 heteroatoms. The first-order chi connectivity index (χ1) is 9.65. The first-order valence-electron chi connectivity index (χ1n) is 6.19. The molecule has 0 fully saturated rings. The van der Waals surface area contributed by atoms with Crippen LogP contribution in [0.25, 0.3) is 10.8 Å². The van der Waals surface area contributed by atoms with E-state index < -0.39 is 0 Å². The van der Waals surface area contributed by atoms with Crippen LogP contribution >= 0.6 is 27.5 Å². The Balaban J connectivity index is 2.15. The van der Waals surface area contributed by atoms with E-state index in [4.69, 9.17) is 17.3 Å². The molecular weight excluding hydrogens is 336 g/mol. The second kappa shape index (κ2) is 5.52. The number of nitrogens with two attached hydrogens (primary N) is 1. The maximum Gasteiger partial charge on any atom is 0.0574 e. The van der Waals surface area contributed by atoms with E-state index in [1.165, 1.54) is 0 Å². The van der Waals surface area contributed by atoms with E-state index in [-0.39, 0.29) is 6.04 Å². The molecule has 0 amide bonds. The van der Waals surface area contributed by atoms with Crippen molar-refractivity contribution >= 4 is 38.3 Å². The number of aromatic nitrogens is 1. The van der Waals surface area contributed by atoms with Crippen LogP contribution in [0, 0.1) is 0 Å². The van der Waals surface area contributed by atoms with Gasteiger partial charge in [0.2, 0.25) is 0 Å². The summed E-state index contributed by atoms with van der Waals surface area (Å²) in [6.07, 6.45) is 3.67. The fraction of sp³-hybridized carbons (Fsp3) is 0.0625. The van der Waals surface area contributed by atoms with E-state index in [0.717, 1.165) is 26.4 Å². The van der Waals surface area contributed by atoms with Crippen LogP contribution in [-0.2, 0) is 0 Å². The lowest BCUT2D eigenvalue weighted by molar-refractivity contribution is 0.873. The van der Waals surface area contributed by atoms with E-state index in [0.29, 0.717) is 5.02 Å². The van der Waals surface area contributed by atoms with E-state index in [9.17, 15) is 0 Å². The Bertz CT molecular complexity index is 748. The van der Waals surface area contributed by atoms with Crippen molar-refractivity contribution in [3.8, 4) is 0 Å². The number of hydrogen-bond donors (Lipinski definition) is 1. The van der Waals surface area contributed by atoms with Gasteiger partial charge in [0.15, 0.2) is 0 Å². The topological polar surface area (TPSA) is 38.9 Å². The van der Waals surface area contributed by atoms with Crippen molar-refractivity contribution in [2.75, 3.05) is 0 Å². The van der Waals surface area contributed by atoms with Crippen LogP contribution in [0.1, 0.15) is 17.2 Å². The van der Waals surface area contributed by atoms with Gasteiger partial charge >= 0.3 is 0 Å². The van der Waals surface area contributed by atoms with Crippen molar-refractivity contribution in [3.63, 3.8) is 0 Å². The second-order valence-electron chi connectivity index (χ2n) is 4.63. The van der Waals surface area contributed by atoms with Crippen molar-refractivity contribution in [1.29, 1.82) is 0 Å². The molecule has 1 atom stereocenters. The summed E-state index contributed by atoms with van der Waals surface area (Å²) in [6.45, 7) is 0. The summed E-state index contributed by atoms with van der Waals surface area (Å²) in [6, 6.07) is 13.6. The zero-order valence-corrected chi connectivity index (χ0v) is 12.9. The number of pyridine rings is 1. The Labute approximate surface area is 130 Å². The molecule has 0 aliphatic heterocycles. The van der Waals surface area contributed by atoms with Gasteiger partial charge in [-0.3, -0.25) is 4.98 Å². The number of nitrogens with zero attached hydrogens (tertiary/aromatic N) is 1.